The van der Waals surface area contributed by atoms with Crippen LogP contribution in [0.1, 0.15) is 36.0 Å². The van der Waals surface area contributed by atoms with Gasteiger partial charge in [-0.25, -0.2) is 13.8 Å². The molecule has 0 unspecified atom stereocenters. The number of amides is 1. The second-order valence-electron chi connectivity index (χ2n) is 6.02. The van der Waals surface area contributed by atoms with E-state index in [1.54, 1.807) is 19.4 Å². The van der Waals surface area contributed by atoms with Crippen LogP contribution < -0.4 is 5.32 Å². The highest BCUT2D eigenvalue weighted by Crippen LogP contribution is 2.30. The lowest BCUT2D eigenvalue weighted by Gasteiger charge is -2.29. The second-order valence-corrected chi connectivity index (χ2v) is 6.02. The third-order valence-corrected chi connectivity index (χ3v) is 4.14. The first kappa shape index (κ1) is 17.8. The molecule has 0 aliphatic carbocycles. The lowest BCUT2D eigenvalue weighted by atomic mass is 10.1. The molecular weight excluding hydrogens is 344 g/mol. The smallest absolute Gasteiger partial charge is 0.292 e. The average Bonchev–Trinajstić information content (AvgIpc) is 3.22. The normalized spacial score (nSPS) is 14.9. The van der Waals surface area contributed by atoms with Crippen molar-refractivity contribution in [3.05, 3.63) is 47.9 Å². The summed E-state index contributed by atoms with van der Waals surface area (Å²) in [4.78, 5) is 18.1. The van der Waals surface area contributed by atoms with Gasteiger partial charge in [0.25, 0.3) is 12.3 Å². The number of carbonyl (C=O) groups is 1. The number of aromatic nitrogens is 3. The third-order valence-electron chi connectivity index (χ3n) is 4.14. The molecule has 1 aliphatic rings. The Morgan fingerprint density at radius 1 is 1.50 bits per heavy atom. The molecule has 138 valence electrons. The number of hydrogen-bond donors (Lipinski definition) is 1. The van der Waals surface area contributed by atoms with Crippen molar-refractivity contribution >= 4 is 5.91 Å². The minimum absolute atomic E-state index is 0.0463. The summed E-state index contributed by atoms with van der Waals surface area (Å²) >= 11 is 0. The molecule has 1 N–H and O–H groups in total. The standard InChI is InChI=1S/C17H19F2N5O2/c1-4-20-12-5-6-24(8-10(12)2)17(25)14-13(15(18)19)22-16(26-14)11-7-21-23(3)9-11/h4,7,9,15,20H,1,5-6,8H2,2-3H3. The van der Waals surface area contributed by atoms with Crippen molar-refractivity contribution in [1.82, 2.24) is 25.0 Å². The fourth-order valence-electron chi connectivity index (χ4n) is 2.84. The van der Waals surface area contributed by atoms with Crippen LogP contribution in [0, 0.1) is 0 Å². The SMILES string of the molecule is C=CNC1=C(C)CN(C(=O)c2oc(-c3cnn(C)c3)nc2C(F)F)CC1. The van der Waals surface area contributed by atoms with Crippen molar-refractivity contribution in [2.75, 3.05) is 13.1 Å². The topological polar surface area (TPSA) is 76.2 Å². The second kappa shape index (κ2) is 7.11. The van der Waals surface area contributed by atoms with Gasteiger partial charge in [-0.3, -0.25) is 9.48 Å². The summed E-state index contributed by atoms with van der Waals surface area (Å²) in [5.74, 6) is -1.07. The number of rotatable bonds is 5. The van der Waals surface area contributed by atoms with E-state index in [1.165, 1.54) is 15.8 Å². The van der Waals surface area contributed by atoms with Crippen molar-refractivity contribution in [2.24, 2.45) is 7.05 Å². The highest BCUT2D eigenvalue weighted by atomic mass is 19.3. The first-order valence-corrected chi connectivity index (χ1v) is 8.04. The van der Waals surface area contributed by atoms with Gasteiger partial charge in [-0.05, 0) is 18.7 Å². The van der Waals surface area contributed by atoms with E-state index in [1.807, 2.05) is 6.92 Å². The Morgan fingerprint density at radius 2 is 2.27 bits per heavy atom. The fraction of sp³-hybridized carbons (Fsp3) is 0.353. The van der Waals surface area contributed by atoms with E-state index in [9.17, 15) is 13.6 Å². The number of alkyl halides is 2. The molecular formula is C17H19F2N5O2. The van der Waals surface area contributed by atoms with Crippen LogP contribution in [0.2, 0.25) is 0 Å². The van der Waals surface area contributed by atoms with E-state index in [4.69, 9.17) is 4.42 Å². The van der Waals surface area contributed by atoms with Crippen LogP contribution in [0.4, 0.5) is 8.78 Å². The van der Waals surface area contributed by atoms with Crippen molar-refractivity contribution in [3.63, 3.8) is 0 Å². The highest BCUT2D eigenvalue weighted by molar-refractivity contribution is 5.93. The Balaban J connectivity index is 1.89. The number of nitrogens with zero attached hydrogens (tertiary/aromatic N) is 4. The molecule has 2 aromatic heterocycles. The van der Waals surface area contributed by atoms with Gasteiger partial charge in [-0.15, -0.1) is 0 Å². The molecule has 0 aromatic carbocycles. The van der Waals surface area contributed by atoms with E-state index in [2.05, 4.69) is 22.0 Å². The summed E-state index contributed by atoms with van der Waals surface area (Å²) in [5, 5.41) is 6.99. The maximum atomic E-state index is 13.4. The molecule has 0 fully saturated rings. The van der Waals surface area contributed by atoms with Crippen LogP contribution in [-0.4, -0.2) is 38.7 Å². The Hall–Kier alpha value is -2.97. The zero-order valence-corrected chi connectivity index (χ0v) is 14.5. The number of halogens is 2. The predicted octanol–water partition coefficient (Wildman–Crippen LogP) is 2.87. The maximum absolute atomic E-state index is 13.4. The van der Waals surface area contributed by atoms with Crippen LogP contribution in [0.25, 0.3) is 11.5 Å². The molecule has 0 bridgehead atoms. The molecule has 2 aromatic rings. The number of aryl methyl sites for hydroxylation is 1. The predicted molar refractivity (Wildman–Crippen MR) is 90.2 cm³/mol. The lowest BCUT2D eigenvalue weighted by molar-refractivity contribution is 0.0715. The largest absolute Gasteiger partial charge is 0.430 e. The molecule has 0 saturated carbocycles. The van der Waals surface area contributed by atoms with E-state index < -0.39 is 23.8 Å². The van der Waals surface area contributed by atoms with E-state index in [-0.39, 0.29) is 5.89 Å². The quantitative estimate of drug-likeness (QED) is 0.884. The lowest BCUT2D eigenvalue weighted by Crippen LogP contribution is -2.38. The first-order valence-electron chi connectivity index (χ1n) is 8.04. The summed E-state index contributed by atoms with van der Waals surface area (Å²) in [6.45, 7) is 6.20. The van der Waals surface area contributed by atoms with Gasteiger partial charge in [0.15, 0.2) is 5.69 Å². The summed E-state index contributed by atoms with van der Waals surface area (Å²) < 4.78 is 33.7. The third kappa shape index (κ3) is 3.37. The maximum Gasteiger partial charge on any atom is 0.292 e. The van der Waals surface area contributed by atoms with Crippen molar-refractivity contribution in [3.8, 4) is 11.5 Å². The summed E-state index contributed by atoms with van der Waals surface area (Å²) in [6, 6.07) is 0. The summed E-state index contributed by atoms with van der Waals surface area (Å²) in [5.41, 5.74) is 1.70. The molecule has 0 saturated heterocycles. The molecule has 1 aliphatic heterocycles. The van der Waals surface area contributed by atoms with Gasteiger partial charge < -0.3 is 14.6 Å². The monoisotopic (exact) mass is 363 g/mol. The Morgan fingerprint density at radius 3 is 2.85 bits per heavy atom. The van der Waals surface area contributed by atoms with Crippen LogP contribution in [-0.2, 0) is 7.05 Å². The summed E-state index contributed by atoms with van der Waals surface area (Å²) in [6.07, 6.45) is 2.26. The van der Waals surface area contributed by atoms with Gasteiger partial charge in [-0.2, -0.15) is 5.10 Å². The Kier molecular flexibility index (Phi) is 4.88. The molecule has 1 amide bonds. The first-order chi connectivity index (χ1) is 12.4. The van der Waals surface area contributed by atoms with Gasteiger partial charge in [-0.1, -0.05) is 6.58 Å². The number of hydrogen-bond acceptors (Lipinski definition) is 5. The van der Waals surface area contributed by atoms with Crippen molar-refractivity contribution < 1.29 is 18.0 Å². The number of carbonyl (C=O) groups excluding carboxylic acids is 1. The van der Waals surface area contributed by atoms with E-state index in [0.717, 1.165) is 11.3 Å². The zero-order chi connectivity index (χ0) is 18.8. The summed E-state index contributed by atoms with van der Waals surface area (Å²) in [7, 11) is 1.68. The van der Waals surface area contributed by atoms with E-state index >= 15 is 0 Å². The molecule has 0 spiro atoms. The molecule has 9 heteroatoms. The van der Waals surface area contributed by atoms with Gasteiger partial charge in [0, 0.05) is 38.5 Å². The molecule has 0 radical (unpaired) electrons. The zero-order valence-electron chi connectivity index (χ0n) is 14.5. The van der Waals surface area contributed by atoms with E-state index in [0.29, 0.717) is 25.1 Å². The van der Waals surface area contributed by atoms with Gasteiger partial charge in [0.1, 0.15) is 0 Å². The average molecular weight is 363 g/mol. The molecule has 0 atom stereocenters. The molecule has 7 nitrogen and oxygen atoms in total. The Bertz CT molecular complexity index is 868. The van der Waals surface area contributed by atoms with Gasteiger partial charge in [0.2, 0.25) is 11.7 Å². The van der Waals surface area contributed by atoms with Crippen LogP contribution >= 0.6 is 0 Å². The van der Waals surface area contributed by atoms with Crippen LogP contribution in [0.15, 0.2) is 40.9 Å². The Labute approximate surface area is 149 Å². The van der Waals surface area contributed by atoms with Crippen molar-refractivity contribution in [2.45, 2.75) is 19.8 Å². The number of oxazole rings is 1. The minimum Gasteiger partial charge on any atom is -0.430 e. The minimum atomic E-state index is -2.91. The highest BCUT2D eigenvalue weighted by Gasteiger charge is 2.31. The van der Waals surface area contributed by atoms with Gasteiger partial charge in [0.05, 0.1) is 11.8 Å². The molecule has 3 heterocycles. The fourth-order valence-corrected chi connectivity index (χ4v) is 2.84. The number of nitrogens with one attached hydrogen (secondary N) is 1. The van der Waals surface area contributed by atoms with Crippen LogP contribution in [0.3, 0.4) is 0 Å². The van der Waals surface area contributed by atoms with Gasteiger partial charge >= 0.3 is 0 Å². The molecule has 3 rings (SSSR count). The van der Waals surface area contributed by atoms with Crippen LogP contribution in [0.5, 0.6) is 0 Å². The molecule has 26 heavy (non-hydrogen) atoms. The van der Waals surface area contributed by atoms with Crippen molar-refractivity contribution in [1.29, 1.82) is 0 Å².